The van der Waals surface area contributed by atoms with Gasteiger partial charge in [-0.15, -0.1) is 0 Å². The van der Waals surface area contributed by atoms with Gasteiger partial charge in [-0.05, 0) is 18.2 Å². The van der Waals surface area contributed by atoms with Crippen molar-refractivity contribution >= 4 is 27.9 Å². The van der Waals surface area contributed by atoms with Gasteiger partial charge in [0, 0.05) is 13.0 Å². The van der Waals surface area contributed by atoms with Crippen LogP contribution >= 0.6 is 0 Å². The van der Waals surface area contributed by atoms with Gasteiger partial charge in [0.2, 0.25) is 11.2 Å². The number of fused-ring (bicyclic) bond motifs is 2. The molecule has 0 aliphatic carbocycles. The van der Waals surface area contributed by atoms with Crippen LogP contribution in [0.4, 0.5) is 0 Å². The molecular formula is C15H10O7. The molecule has 0 radical (unpaired) electrons. The molecule has 2 aromatic carbocycles. The topological polar surface area (TPSA) is 117 Å². The van der Waals surface area contributed by atoms with Gasteiger partial charge in [-0.25, -0.2) is 0 Å². The zero-order chi connectivity index (χ0) is 16.0. The van der Waals surface area contributed by atoms with E-state index < -0.39 is 22.9 Å². The van der Waals surface area contributed by atoms with E-state index in [1.807, 2.05) is 0 Å². The normalized spacial score (nSPS) is 11.0. The van der Waals surface area contributed by atoms with Crippen LogP contribution < -0.4 is 10.2 Å². The molecule has 0 fully saturated rings. The van der Waals surface area contributed by atoms with Crippen molar-refractivity contribution in [3.05, 3.63) is 34.5 Å². The van der Waals surface area contributed by atoms with Crippen molar-refractivity contribution in [3.8, 4) is 23.0 Å². The fourth-order valence-corrected chi connectivity index (χ4v) is 2.19. The molecule has 1 heterocycles. The summed E-state index contributed by atoms with van der Waals surface area (Å²) in [5, 5.41) is 29.3. The molecular weight excluding hydrogens is 292 g/mol. The highest BCUT2D eigenvalue weighted by Gasteiger charge is 2.18. The number of carbonyl (C=O) groups excluding carboxylic acids is 1. The zero-order valence-corrected chi connectivity index (χ0v) is 11.3. The second-order valence-electron chi connectivity index (χ2n) is 4.66. The summed E-state index contributed by atoms with van der Waals surface area (Å²) >= 11 is 0. The molecule has 3 aromatic rings. The number of hydrogen-bond donors (Lipinski definition) is 3. The number of hydrogen-bond acceptors (Lipinski definition) is 7. The highest BCUT2D eigenvalue weighted by Crippen LogP contribution is 2.37. The third-order valence-corrected chi connectivity index (χ3v) is 3.10. The van der Waals surface area contributed by atoms with Crippen molar-refractivity contribution < 1.29 is 29.3 Å². The molecule has 3 rings (SSSR count). The molecule has 22 heavy (non-hydrogen) atoms. The summed E-state index contributed by atoms with van der Waals surface area (Å²) in [5.41, 5.74) is -0.963. The molecule has 0 atom stereocenters. The monoisotopic (exact) mass is 302 g/mol. The predicted octanol–water partition coefficient (Wildman–Crippen LogP) is 1.99. The Bertz CT molecular complexity index is 985. The summed E-state index contributed by atoms with van der Waals surface area (Å²) in [6, 6.07) is 4.73. The van der Waals surface area contributed by atoms with Crippen LogP contribution in [0.3, 0.4) is 0 Å². The van der Waals surface area contributed by atoms with Crippen LogP contribution in [0.2, 0.25) is 0 Å². The van der Waals surface area contributed by atoms with Gasteiger partial charge in [-0.3, -0.25) is 9.59 Å². The molecule has 0 amide bonds. The lowest BCUT2D eigenvalue weighted by molar-refractivity contribution is -0.132. The average molecular weight is 302 g/mol. The second kappa shape index (κ2) is 4.66. The lowest BCUT2D eigenvalue weighted by Gasteiger charge is -2.08. The molecule has 1 aromatic heterocycles. The molecule has 0 saturated carbocycles. The van der Waals surface area contributed by atoms with Gasteiger partial charge in [0.1, 0.15) is 5.75 Å². The Morgan fingerprint density at radius 3 is 2.50 bits per heavy atom. The Morgan fingerprint density at radius 2 is 1.82 bits per heavy atom. The van der Waals surface area contributed by atoms with Crippen molar-refractivity contribution in [1.29, 1.82) is 0 Å². The van der Waals surface area contributed by atoms with E-state index in [1.165, 1.54) is 12.1 Å². The number of benzene rings is 2. The summed E-state index contributed by atoms with van der Waals surface area (Å²) in [5.74, 6) is -2.09. The summed E-state index contributed by atoms with van der Waals surface area (Å²) in [6.07, 6.45) is 0. The molecule has 7 heteroatoms. The van der Waals surface area contributed by atoms with Crippen molar-refractivity contribution in [3.63, 3.8) is 0 Å². The largest absolute Gasteiger partial charge is 0.508 e. The first kappa shape index (κ1) is 13.7. The summed E-state index contributed by atoms with van der Waals surface area (Å²) in [6.45, 7) is 1.16. The van der Waals surface area contributed by atoms with E-state index in [4.69, 9.17) is 9.15 Å². The fraction of sp³-hybridized carbons (Fsp3) is 0.0667. The van der Waals surface area contributed by atoms with Crippen molar-refractivity contribution in [2.24, 2.45) is 0 Å². The lowest BCUT2D eigenvalue weighted by Crippen LogP contribution is -2.05. The van der Waals surface area contributed by atoms with E-state index in [1.54, 1.807) is 0 Å². The fourth-order valence-electron chi connectivity index (χ4n) is 2.19. The molecule has 3 N–H and O–H groups in total. The highest BCUT2D eigenvalue weighted by molar-refractivity contribution is 5.96. The third-order valence-electron chi connectivity index (χ3n) is 3.10. The molecule has 0 spiro atoms. The number of esters is 1. The maximum atomic E-state index is 12.4. The first-order chi connectivity index (χ1) is 10.4. The van der Waals surface area contributed by atoms with Gasteiger partial charge in [0.25, 0.3) is 0 Å². The smallest absolute Gasteiger partial charge is 0.308 e. The molecule has 0 unspecified atom stereocenters. The molecule has 7 nitrogen and oxygen atoms in total. The summed E-state index contributed by atoms with van der Waals surface area (Å²) in [7, 11) is 0. The van der Waals surface area contributed by atoms with E-state index in [9.17, 15) is 24.9 Å². The van der Waals surface area contributed by atoms with Gasteiger partial charge < -0.3 is 24.5 Å². The van der Waals surface area contributed by atoms with Crippen LogP contribution in [0.15, 0.2) is 33.5 Å². The Kier molecular flexibility index (Phi) is 2.91. The van der Waals surface area contributed by atoms with E-state index in [0.29, 0.717) is 0 Å². The Balaban J connectivity index is 2.44. The van der Waals surface area contributed by atoms with E-state index in [0.717, 1.165) is 19.1 Å². The van der Waals surface area contributed by atoms with E-state index >= 15 is 0 Å². The standard InChI is InChI=1S/C15H10O7/c1-6(16)21-11-3-2-8-12(19)9-4-7(17)5-10(18)14(9)22-15(8)13(11)20/h2-5,17-18,20H,1H3. The predicted molar refractivity (Wildman–Crippen MR) is 76.3 cm³/mol. The molecule has 0 aliphatic heterocycles. The average Bonchev–Trinajstić information content (AvgIpc) is 2.43. The summed E-state index contributed by atoms with van der Waals surface area (Å²) < 4.78 is 10.2. The maximum Gasteiger partial charge on any atom is 0.308 e. The van der Waals surface area contributed by atoms with Crippen molar-refractivity contribution in [1.82, 2.24) is 0 Å². The molecule has 0 bridgehead atoms. The minimum atomic E-state index is -0.648. The van der Waals surface area contributed by atoms with Gasteiger partial charge in [0.05, 0.1) is 10.8 Å². The minimum Gasteiger partial charge on any atom is -0.508 e. The number of aromatic hydroxyl groups is 3. The third kappa shape index (κ3) is 1.99. The molecule has 0 aliphatic rings. The number of ether oxygens (including phenoxy) is 1. The number of carbonyl (C=O) groups is 1. The lowest BCUT2D eigenvalue weighted by atomic mass is 10.1. The first-order valence-corrected chi connectivity index (χ1v) is 6.21. The van der Waals surface area contributed by atoms with Crippen molar-refractivity contribution in [2.75, 3.05) is 0 Å². The van der Waals surface area contributed by atoms with Gasteiger partial charge >= 0.3 is 5.97 Å². The quantitative estimate of drug-likeness (QED) is 0.357. The van der Waals surface area contributed by atoms with Crippen LogP contribution in [-0.4, -0.2) is 21.3 Å². The molecule has 0 saturated heterocycles. The highest BCUT2D eigenvalue weighted by atomic mass is 16.5. The van der Waals surface area contributed by atoms with Crippen LogP contribution in [0.1, 0.15) is 6.92 Å². The Labute approximate surface area is 122 Å². The van der Waals surface area contributed by atoms with E-state index in [2.05, 4.69) is 0 Å². The van der Waals surface area contributed by atoms with Crippen LogP contribution in [0, 0.1) is 0 Å². The van der Waals surface area contributed by atoms with Crippen LogP contribution in [-0.2, 0) is 4.79 Å². The second-order valence-corrected chi connectivity index (χ2v) is 4.66. The van der Waals surface area contributed by atoms with Crippen LogP contribution in [0.25, 0.3) is 21.9 Å². The SMILES string of the molecule is CC(=O)Oc1ccc2c(=O)c3cc(O)cc(O)c3oc2c1O. The number of phenolic OH excluding ortho intramolecular Hbond substituents is 3. The Morgan fingerprint density at radius 1 is 1.09 bits per heavy atom. The minimum absolute atomic E-state index is 0.0194. The molecule has 112 valence electrons. The summed E-state index contributed by atoms with van der Waals surface area (Å²) in [4.78, 5) is 23.4. The Hall–Kier alpha value is -3.22. The van der Waals surface area contributed by atoms with Gasteiger partial charge in [0.15, 0.2) is 22.7 Å². The number of phenols is 3. The van der Waals surface area contributed by atoms with Crippen LogP contribution in [0.5, 0.6) is 23.0 Å². The van der Waals surface area contributed by atoms with E-state index in [-0.39, 0.29) is 33.4 Å². The maximum absolute atomic E-state index is 12.4. The first-order valence-electron chi connectivity index (χ1n) is 6.21. The van der Waals surface area contributed by atoms with Crippen molar-refractivity contribution in [2.45, 2.75) is 6.92 Å². The van der Waals surface area contributed by atoms with Gasteiger partial charge in [-0.2, -0.15) is 0 Å². The zero-order valence-electron chi connectivity index (χ0n) is 11.3. The van der Waals surface area contributed by atoms with Gasteiger partial charge in [-0.1, -0.05) is 0 Å². The number of rotatable bonds is 1.